The van der Waals surface area contributed by atoms with E-state index in [0.717, 1.165) is 12.5 Å². The van der Waals surface area contributed by atoms with Crippen molar-refractivity contribution in [2.24, 2.45) is 17.4 Å². The second-order valence-corrected chi connectivity index (χ2v) is 4.75. The first-order valence-corrected chi connectivity index (χ1v) is 5.47. The van der Waals surface area contributed by atoms with Crippen molar-refractivity contribution >= 4 is 0 Å². The van der Waals surface area contributed by atoms with Crippen molar-refractivity contribution in [3.05, 3.63) is 0 Å². The molecule has 1 heterocycles. The zero-order valence-corrected chi connectivity index (χ0v) is 8.28. The predicted molar refractivity (Wildman–Crippen MR) is 54.3 cm³/mol. The number of nitrogens with zero attached hydrogens (tertiary/aromatic N) is 1. The highest BCUT2D eigenvalue weighted by atomic mass is 15.2. The van der Waals surface area contributed by atoms with Gasteiger partial charge in [0.05, 0.1) is 0 Å². The maximum absolute atomic E-state index is 5.88. The van der Waals surface area contributed by atoms with Crippen LogP contribution in [0.5, 0.6) is 0 Å². The third-order valence-electron chi connectivity index (χ3n) is 3.41. The van der Waals surface area contributed by atoms with Crippen LogP contribution in [0.15, 0.2) is 0 Å². The van der Waals surface area contributed by atoms with E-state index in [4.69, 9.17) is 11.5 Å². The summed E-state index contributed by atoms with van der Waals surface area (Å²) in [5, 5.41) is 0. The maximum atomic E-state index is 5.88. The van der Waals surface area contributed by atoms with Crippen LogP contribution in [0.3, 0.4) is 0 Å². The van der Waals surface area contributed by atoms with Gasteiger partial charge in [-0.25, -0.2) is 0 Å². The van der Waals surface area contributed by atoms with Crippen LogP contribution >= 0.6 is 0 Å². The molecule has 4 N–H and O–H groups in total. The summed E-state index contributed by atoms with van der Waals surface area (Å²) >= 11 is 0. The van der Waals surface area contributed by atoms with Gasteiger partial charge in [0.2, 0.25) is 0 Å². The van der Waals surface area contributed by atoms with Gasteiger partial charge in [-0.15, -0.1) is 0 Å². The summed E-state index contributed by atoms with van der Waals surface area (Å²) in [6, 6.07) is 0.899. The Balaban J connectivity index is 1.72. The summed E-state index contributed by atoms with van der Waals surface area (Å²) in [6.07, 6.45) is 4.96. The summed E-state index contributed by atoms with van der Waals surface area (Å²) in [7, 11) is 0. The number of rotatable bonds is 2. The van der Waals surface area contributed by atoms with Gasteiger partial charge in [-0.3, -0.25) is 0 Å². The van der Waals surface area contributed by atoms with Crippen LogP contribution in [-0.2, 0) is 0 Å². The third kappa shape index (κ3) is 2.42. The SMILES string of the molecule is NC1CCC(CN2CC[C@@H](N)C2)C1. The Kier molecular flexibility index (Phi) is 2.86. The van der Waals surface area contributed by atoms with Gasteiger partial charge in [-0.05, 0) is 38.1 Å². The van der Waals surface area contributed by atoms with E-state index in [0.29, 0.717) is 12.1 Å². The van der Waals surface area contributed by atoms with E-state index in [-0.39, 0.29) is 0 Å². The maximum Gasteiger partial charge on any atom is 0.0180 e. The Morgan fingerprint density at radius 3 is 2.46 bits per heavy atom. The lowest BCUT2D eigenvalue weighted by Gasteiger charge is -2.19. The van der Waals surface area contributed by atoms with Gasteiger partial charge in [0.25, 0.3) is 0 Å². The summed E-state index contributed by atoms with van der Waals surface area (Å²) < 4.78 is 0. The van der Waals surface area contributed by atoms with Crippen LogP contribution in [0.2, 0.25) is 0 Å². The molecule has 3 atom stereocenters. The summed E-state index contributed by atoms with van der Waals surface area (Å²) in [5.41, 5.74) is 11.7. The van der Waals surface area contributed by atoms with Crippen LogP contribution in [0.4, 0.5) is 0 Å². The number of likely N-dealkylation sites (tertiary alicyclic amines) is 1. The summed E-state index contributed by atoms with van der Waals surface area (Å²) in [4.78, 5) is 2.51. The van der Waals surface area contributed by atoms with Crippen LogP contribution in [0.1, 0.15) is 25.7 Å². The second-order valence-electron chi connectivity index (χ2n) is 4.75. The molecule has 0 aromatic rings. The molecule has 2 unspecified atom stereocenters. The van der Waals surface area contributed by atoms with Crippen LogP contribution in [-0.4, -0.2) is 36.6 Å². The molecule has 0 radical (unpaired) electrons. The zero-order valence-electron chi connectivity index (χ0n) is 8.28. The smallest absolute Gasteiger partial charge is 0.0180 e. The first-order valence-electron chi connectivity index (χ1n) is 5.47. The summed E-state index contributed by atoms with van der Waals surface area (Å²) in [5.74, 6) is 0.847. The number of hydrogen-bond acceptors (Lipinski definition) is 3. The van der Waals surface area contributed by atoms with E-state index < -0.39 is 0 Å². The largest absolute Gasteiger partial charge is 0.328 e. The minimum atomic E-state index is 0.426. The minimum Gasteiger partial charge on any atom is -0.328 e. The monoisotopic (exact) mass is 183 g/mol. The Hall–Kier alpha value is -0.120. The van der Waals surface area contributed by atoms with Crippen molar-refractivity contribution in [2.45, 2.75) is 37.8 Å². The fourth-order valence-electron chi connectivity index (χ4n) is 2.67. The molecule has 0 amide bonds. The minimum absolute atomic E-state index is 0.426. The molecule has 3 heteroatoms. The van der Waals surface area contributed by atoms with E-state index in [2.05, 4.69) is 4.90 Å². The van der Waals surface area contributed by atoms with Crippen molar-refractivity contribution in [1.29, 1.82) is 0 Å². The van der Waals surface area contributed by atoms with E-state index in [1.165, 1.54) is 38.8 Å². The average Bonchev–Trinajstić information content (AvgIpc) is 2.62. The highest BCUT2D eigenvalue weighted by Gasteiger charge is 2.26. The molecule has 0 spiro atoms. The Labute approximate surface area is 80.5 Å². The molecule has 0 bridgehead atoms. The first kappa shape index (κ1) is 9.44. The zero-order chi connectivity index (χ0) is 9.26. The van der Waals surface area contributed by atoms with Crippen molar-refractivity contribution in [1.82, 2.24) is 4.90 Å². The lowest BCUT2D eigenvalue weighted by molar-refractivity contribution is 0.276. The van der Waals surface area contributed by atoms with Crippen LogP contribution in [0.25, 0.3) is 0 Å². The Bertz CT molecular complexity index is 154. The average molecular weight is 183 g/mol. The van der Waals surface area contributed by atoms with Gasteiger partial charge in [0.15, 0.2) is 0 Å². The van der Waals surface area contributed by atoms with Gasteiger partial charge in [-0.1, -0.05) is 0 Å². The molecule has 0 aromatic heterocycles. The molecule has 1 aliphatic heterocycles. The van der Waals surface area contributed by atoms with Crippen molar-refractivity contribution in [2.75, 3.05) is 19.6 Å². The molecular weight excluding hydrogens is 162 g/mol. The van der Waals surface area contributed by atoms with E-state index in [1.54, 1.807) is 0 Å². The molecule has 1 aliphatic carbocycles. The Morgan fingerprint density at radius 2 is 1.92 bits per heavy atom. The fourth-order valence-corrected chi connectivity index (χ4v) is 2.67. The molecule has 1 saturated carbocycles. The molecule has 13 heavy (non-hydrogen) atoms. The molecule has 2 rings (SSSR count). The molecule has 76 valence electrons. The molecule has 0 aromatic carbocycles. The highest BCUT2D eigenvalue weighted by molar-refractivity contribution is 4.84. The molecular formula is C10H21N3. The van der Waals surface area contributed by atoms with E-state index in [9.17, 15) is 0 Å². The van der Waals surface area contributed by atoms with Crippen LogP contribution in [0, 0.1) is 5.92 Å². The molecule has 1 saturated heterocycles. The van der Waals surface area contributed by atoms with Gasteiger partial charge in [0.1, 0.15) is 0 Å². The van der Waals surface area contributed by atoms with Crippen molar-refractivity contribution < 1.29 is 0 Å². The standard InChI is InChI=1S/C10H21N3/c11-9-2-1-8(5-9)6-13-4-3-10(12)7-13/h8-10H,1-7,11-12H2/t8?,9?,10-/m1/s1. The number of nitrogens with two attached hydrogens (primary N) is 2. The van der Waals surface area contributed by atoms with Gasteiger partial charge < -0.3 is 16.4 Å². The third-order valence-corrected chi connectivity index (χ3v) is 3.41. The second kappa shape index (κ2) is 3.95. The lowest BCUT2D eigenvalue weighted by atomic mass is 10.1. The van der Waals surface area contributed by atoms with Gasteiger partial charge in [0, 0.05) is 25.2 Å². The van der Waals surface area contributed by atoms with Crippen molar-refractivity contribution in [3.63, 3.8) is 0 Å². The molecule has 2 fully saturated rings. The number of hydrogen-bond donors (Lipinski definition) is 2. The van der Waals surface area contributed by atoms with E-state index >= 15 is 0 Å². The van der Waals surface area contributed by atoms with Gasteiger partial charge >= 0.3 is 0 Å². The Morgan fingerprint density at radius 1 is 1.08 bits per heavy atom. The fraction of sp³-hybridized carbons (Fsp3) is 1.00. The molecule has 2 aliphatic rings. The normalized spacial score (nSPS) is 41.5. The predicted octanol–water partition coefficient (Wildman–Crippen LogP) is 0.147. The summed E-state index contributed by atoms with van der Waals surface area (Å²) in [6.45, 7) is 3.54. The first-order chi connectivity index (χ1) is 6.24. The van der Waals surface area contributed by atoms with E-state index in [1.807, 2.05) is 0 Å². The van der Waals surface area contributed by atoms with Crippen LogP contribution < -0.4 is 11.5 Å². The quantitative estimate of drug-likeness (QED) is 0.640. The highest BCUT2D eigenvalue weighted by Crippen LogP contribution is 2.25. The lowest BCUT2D eigenvalue weighted by Crippen LogP contribution is -2.30. The topological polar surface area (TPSA) is 55.3 Å². The van der Waals surface area contributed by atoms with Crippen molar-refractivity contribution in [3.8, 4) is 0 Å². The van der Waals surface area contributed by atoms with Gasteiger partial charge in [-0.2, -0.15) is 0 Å². The molecule has 3 nitrogen and oxygen atoms in total.